The molecular formula is C28H25NO2. The summed E-state index contributed by atoms with van der Waals surface area (Å²) in [5.74, 6) is 0.404. The topological polar surface area (TPSA) is 38.3 Å². The predicted octanol–water partition coefficient (Wildman–Crippen LogP) is 6.09. The van der Waals surface area contributed by atoms with Crippen LogP contribution in [0.5, 0.6) is 5.75 Å². The first kappa shape index (κ1) is 20.4. The third-order valence-corrected chi connectivity index (χ3v) is 5.28. The fraction of sp³-hybridized carbons (Fsp3) is 0.107. The minimum absolute atomic E-state index is 0.166. The van der Waals surface area contributed by atoms with E-state index in [-0.39, 0.29) is 11.9 Å². The van der Waals surface area contributed by atoms with Crippen molar-refractivity contribution in [3.63, 3.8) is 0 Å². The van der Waals surface area contributed by atoms with Crippen LogP contribution in [0.15, 0.2) is 109 Å². The Morgan fingerprint density at radius 2 is 1.39 bits per heavy atom. The van der Waals surface area contributed by atoms with E-state index >= 15 is 0 Å². The molecule has 3 heteroatoms. The van der Waals surface area contributed by atoms with Gasteiger partial charge in [0.1, 0.15) is 12.4 Å². The predicted molar refractivity (Wildman–Crippen MR) is 124 cm³/mol. The van der Waals surface area contributed by atoms with E-state index in [2.05, 4.69) is 24.4 Å². The van der Waals surface area contributed by atoms with Gasteiger partial charge >= 0.3 is 0 Å². The standard InChI is InChI=1S/C28H25NO2/c1-21-12-8-9-17-24(21)27(23-15-6-3-7-16-23)29-28(30)25-18-10-11-19-26(25)31-20-22-13-4-2-5-14-22/h2-19,27H,20H2,1H3,(H,29,30)/t27-/m0/s1. The molecule has 1 atom stereocenters. The molecule has 4 aromatic carbocycles. The zero-order chi connectivity index (χ0) is 21.5. The SMILES string of the molecule is Cc1ccccc1[C@@H](NC(=O)c1ccccc1OCc1ccccc1)c1ccccc1. The molecule has 31 heavy (non-hydrogen) atoms. The number of para-hydroxylation sites is 1. The Hall–Kier alpha value is -3.85. The Balaban J connectivity index is 1.60. The Bertz CT molecular complexity index is 1140. The van der Waals surface area contributed by atoms with Crippen molar-refractivity contribution in [1.29, 1.82) is 0 Å². The van der Waals surface area contributed by atoms with E-state index in [0.29, 0.717) is 17.9 Å². The van der Waals surface area contributed by atoms with E-state index in [0.717, 1.165) is 22.3 Å². The molecule has 3 nitrogen and oxygen atoms in total. The molecule has 4 rings (SSSR count). The molecule has 0 heterocycles. The van der Waals surface area contributed by atoms with Gasteiger partial charge in [-0.2, -0.15) is 0 Å². The lowest BCUT2D eigenvalue weighted by Gasteiger charge is -2.22. The summed E-state index contributed by atoms with van der Waals surface area (Å²) >= 11 is 0. The van der Waals surface area contributed by atoms with E-state index in [4.69, 9.17) is 4.74 Å². The Morgan fingerprint density at radius 3 is 2.13 bits per heavy atom. The van der Waals surface area contributed by atoms with Crippen LogP contribution in [0.4, 0.5) is 0 Å². The van der Waals surface area contributed by atoms with Crippen LogP contribution in [0.3, 0.4) is 0 Å². The average molecular weight is 408 g/mol. The molecule has 0 aromatic heterocycles. The number of hydrogen-bond donors (Lipinski definition) is 1. The molecular weight excluding hydrogens is 382 g/mol. The Labute approximate surface area is 183 Å². The summed E-state index contributed by atoms with van der Waals surface area (Å²) in [7, 11) is 0. The highest BCUT2D eigenvalue weighted by molar-refractivity contribution is 5.97. The fourth-order valence-corrected chi connectivity index (χ4v) is 3.62. The summed E-state index contributed by atoms with van der Waals surface area (Å²) < 4.78 is 6.00. The van der Waals surface area contributed by atoms with Gasteiger partial charge in [-0.1, -0.05) is 97.1 Å². The van der Waals surface area contributed by atoms with Gasteiger partial charge in [0.25, 0.3) is 5.91 Å². The number of carbonyl (C=O) groups excluding carboxylic acids is 1. The molecule has 0 saturated carbocycles. The summed E-state index contributed by atoms with van der Waals surface area (Å²) in [5.41, 5.74) is 4.82. The fourth-order valence-electron chi connectivity index (χ4n) is 3.62. The minimum Gasteiger partial charge on any atom is -0.488 e. The number of amides is 1. The van der Waals surface area contributed by atoms with Crippen LogP contribution >= 0.6 is 0 Å². The summed E-state index contributed by atoms with van der Waals surface area (Å²) in [5, 5.41) is 3.23. The van der Waals surface area contributed by atoms with E-state index in [1.807, 2.05) is 91.0 Å². The summed E-state index contributed by atoms with van der Waals surface area (Å²) in [6.45, 7) is 2.47. The van der Waals surface area contributed by atoms with Gasteiger partial charge in [-0.15, -0.1) is 0 Å². The Kier molecular flexibility index (Phi) is 6.44. The van der Waals surface area contributed by atoms with Crippen molar-refractivity contribution in [2.45, 2.75) is 19.6 Å². The number of benzene rings is 4. The number of rotatable bonds is 7. The Morgan fingerprint density at radius 1 is 0.774 bits per heavy atom. The summed E-state index contributed by atoms with van der Waals surface area (Å²) in [6.07, 6.45) is 0. The van der Waals surface area contributed by atoms with Crippen LogP contribution in [-0.2, 0) is 6.61 Å². The normalized spacial score (nSPS) is 11.5. The van der Waals surface area contributed by atoms with E-state index < -0.39 is 0 Å². The van der Waals surface area contributed by atoms with Gasteiger partial charge in [0.2, 0.25) is 0 Å². The first-order valence-electron chi connectivity index (χ1n) is 10.4. The lowest BCUT2D eigenvalue weighted by atomic mass is 9.94. The molecule has 0 bridgehead atoms. The number of hydrogen-bond acceptors (Lipinski definition) is 2. The van der Waals surface area contributed by atoms with Crippen molar-refractivity contribution >= 4 is 5.91 Å². The third kappa shape index (κ3) is 5.01. The van der Waals surface area contributed by atoms with Crippen molar-refractivity contribution in [3.8, 4) is 5.75 Å². The maximum Gasteiger partial charge on any atom is 0.255 e. The van der Waals surface area contributed by atoms with Crippen molar-refractivity contribution in [2.75, 3.05) is 0 Å². The van der Waals surface area contributed by atoms with Crippen LogP contribution in [0.1, 0.15) is 38.7 Å². The van der Waals surface area contributed by atoms with Gasteiger partial charge in [0.15, 0.2) is 0 Å². The quantitative estimate of drug-likeness (QED) is 0.402. The van der Waals surface area contributed by atoms with Gasteiger partial charge in [-0.05, 0) is 41.3 Å². The summed E-state index contributed by atoms with van der Waals surface area (Å²) in [6, 6.07) is 35.2. The monoisotopic (exact) mass is 407 g/mol. The van der Waals surface area contributed by atoms with Gasteiger partial charge in [0.05, 0.1) is 11.6 Å². The van der Waals surface area contributed by atoms with Gasteiger partial charge in [-0.3, -0.25) is 4.79 Å². The van der Waals surface area contributed by atoms with Crippen molar-refractivity contribution in [1.82, 2.24) is 5.32 Å². The number of nitrogens with one attached hydrogen (secondary N) is 1. The molecule has 4 aromatic rings. The second-order valence-electron chi connectivity index (χ2n) is 7.44. The molecule has 0 saturated heterocycles. The van der Waals surface area contributed by atoms with Gasteiger partial charge in [-0.25, -0.2) is 0 Å². The lowest BCUT2D eigenvalue weighted by Crippen LogP contribution is -2.30. The highest BCUT2D eigenvalue weighted by atomic mass is 16.5. The molecule has 0 aliphatic heterocycles. The number of aryl methyl sites for hydroxylation is 1. The van der Waals surface area contributed by atoms with Crippen LogP contribution in [-0.4, -0.2) is 5.91 Å². The van der Waals surface area contributed by atoms with Crippen LogP contribution < -0.4 is 10.1 Å². The van der Waals surface area contributed by atoms with E-state index in [1.54, 1.807) is 6.07 Å². The maximum atomic E-state index is 13.4. The highest BCUT2D eigenvalue weighted by Crippen LogP contribution is 2.27. The number of ether oxygens (including phenoxy) is 1. The molecule has 0 unspecified atom stereocenters. The van der Waals surface area contributed by atoms with Crippen LogP contribution in [0.2, 0.25) is 0 Å². The second-order valence-corrected chi connectivity index (χ2v) is 7.44. The largest absolute Gasteiger partial charge is 0.488 e. The molecule has 0 aliphatic rings. The number of carbonyl (C=O) groups is 1. The highest BCUT2D eigenvalue weighted by Gasteiger charge is 2.21. The maximum absolute atomic E-state index is 13.4. The molecule has 1 N–H and O–H groups in total. The molecule has 0 aliphatic carbocycles. The molecule has 1 amide bonds. The molecule has 154 valence electrons. The lowest BCUT2D eigenvalue weighted by molar-refractivity contribution is 0.0938. The zero-order valence-electron chi connectivity index (χ0n) is 17.5. The van der Waals surface area contributed by atoms with Gasteiger partial charge < -0.3 is 10.1 Å². The second kappa shape index (κ2) is 9.77. The van der Waals surface area contributed by atoms with Gasteiger partial charge in [0, 0.05) is 0 Å². The zero-order valence-corrected chi connectivity index (χ0v) is 17.5. The summed E-state index contributed by atoms with van der Waals surface area (Å²) in [4.78, 5) is 13.4. The first-order chi connectivity index (χ1) is 15.2. The average Bonchev–Trinajstić information content (AvgIpc) is 2.83. The molecule has 0 spiro atoms. The minimum atomic E-state index is -0.253. The smallest absolute Gasteiger partial charge is 0.255 e. The van der Waals surface area contributed by atoms with E-state index in [1.165, 1.54) is 0 Å². The van der Waals surface area contributed by atoms with E-state index in [9.17, 15) is 4.79 Å². The van der Waals surface area contributed by atoms with Crippen molar-refractivity contribution in [3.05, 3.63) is 137 Å². The third-order valence-electron chi connectivity index (χ3n) is 5.28. The van der Waals surface area contributed by atoms with Crippen molar-refractivity contribution < 1.29 is 9.53 Å². The van der Waals surface area contributed by atoms with Crippen LogP contribution in [0.25, 0.3) is 0 Å². The molecule has 0 radical (unpaired) electrons. The van der Waals surface area contributed by atoms with Crippen LogP contribution in [0, 0.1) is 6.92 Å². The molecule has 0 fully saturated rings. The first-order valence-corrected chi connectivity index (χ1v) is 10.4. The van der Waals surface area contributed by atoms with Crippen molar-refractivity contribution in [2.24, 2.45) is 0 Å².